The summed E-state index contributed by atoms with van der Waals surface area (Å²) in [5, 5.41) is 11.5. The quantitative estimate of drug-likeness (QED) is 0.813. The van der Waals surface area contributed by atoms with E-state index in [0.29, 0.717) is 18.8 Å². The zero-order valence-corrected chi connectivity index (χ0v) is 13.8. The number of carbonyl (C=O) groups excluding carboxylic acids is 1. The molecule has 126 valence electrons. The second kappa shape index (κ2) is 6.49. The van der Waals surface area contributed by atoms with E-state index in [1.807, 2.05) is 4.90 Å². The van der Waals surface area contributed by atoms with Gasteiger partial charge in [-0.15, -0.1) is 0 Å². The molecule has 6 nitrogen and oxygen atoms in total. The van der Waals surface area contributed by atoms with Crippen LogP contribution < -0.4 is 10.0 Å². The van der Waals surface area contributed by atoms with Crippen molar-refractivity contribution in [1.82, 2.24) is 4.31 Å². The Balaban J connectivity index is 1.97. The minimum absolute atomic E-state index is 0.0371. The highest BCUT2D eigenvalue weighted by molar-refractivity contribution is 7.89. The van der Waals surface area contributed by atoms with Crippen LogP contribution in [0.5, 0.6) is 0 Å². The number of carboxylic acids is 1. The van der Waals surface area contributed by atoms with Crippen molar-refractivity contribution in [3.8, 4) is 0 Å². The molecule has 0 amide bonds. The predicted octanol–water partition coefficient (Wildman–Crippen LogP) is 0.825. The smallest absolute Gasteiger partial charge is 0.243 e. The molecule has 0 aromatic heterocycles. The number of carbonyl (C=O) groups is 1. The van der Waals surface area contributed by atoms with E-state index in [4.69, 9.17) is 0 Å². The number of aromatic carboxylic acids is 1. The van der Waals surface area contributed by atoms with Gasteiger partial charge < -0.3 is 14.8 Å². The summed E-state index contributed by atoms with van der Waals surface area (Å²) in [4.78, 5) is 13.5. The number of carboxylic acid groups (broad SMARTS) is 1. The molecule has 2 aliphatic heterocycles. The Labute approximate surface area is 136 Å². The third-order valence-electron chi connectivity index (χ3n) is 4.59. The predicted molar refractivity (Wildman–Crippen MR) is 84.8 cm³/mol. The minimum atomic E-state index is -3.63. The first-order chi connectivity index (χ1) is 11.0. The van der Waals surface area contributed by atoms with Crippen LogP contribution in [0.15, 0.2) is 23.1 Å². The van der Waals surface area contributed by atoms with Gasteiger partial charge >= 0.3 is 0 Å². The Morgan fingerprint density at radius 3 is 2.17 bits per heavy atom. The average molecular weight is 337 g/mol. The van der Waals surface area contributed by atoms with Gasteiger partial charge in [0.2, 0.25) is 10.0 Å². The van der Waals surface area contributed by atoms with E-state index in [1.165, 1.54) is 16.4 Å². The second-order valence-corrected chi connectivity index (χ2v) is 8.06. The molecule has 0 bridgehead atoms. The third-order valence-corrected chi connectivity index (χ3v) is 6.48. The van der Waals surface area contributed by atoms with Crippen molar-refractivity contribution in [2.24, 2.45) is 0 Å². The number of piperidine rings is 1. The molecule has 2 saturated heterocycles. The van der Waals surface area contributed by atoms with E-state index in [0.717, 1.165) is 45.2 Å². The van der Waals surface area contributed by atoms with E-state index >= 15 is 0 Å². The highest BCUT2D eigenvalue weighted by Crippen LogP contribution is 2.29. The van der Waals surface area contributed by atoms with E-state index in [-0.39, 0.29) is 10.5 Å². The number of hydrogen-bond donors (Lipinski definition) is 0. The summed E-state index contributed by atoms with van der Waals surface area (Å²) >= 11 is 0. The van der Waals surface area contributed by atoms with Gasteiger partial charge in [0.25, 0.3) is 0 Å². The molecule has 1 aromatic rings. The Hall–Kier alpha value is -1.60. The van der Waals surface area contributed by atoms with Crippen molar-refractivity contribution in [3.05, 3.63) is 23.8 Å². The summed E-state index contributed by atoms with van der Waals surface area (Å²) in [5.74, 6) is -1.33. The van der Waals surface area contributed by atoms with Gasteiger partial charge in [-0.05, 0) is 43.9 Å². The van der Waals surface area contributed by atoms with Crippen LogP contribution in [0.1, 0.15) is 42.5 Å². The molecule has 0 atom stereocenters. The summed E-state index contributed by atoms with van der Waals surface area (Å²) in [6.45, 7) is 2.57. The van der Waals surface area contributed by atoms with Crippen molar-refractivity contribution in [2.75, 3.05) is 31.1 Å². The van der Waals surface area contributed by atoms with Crippen molar-refractivity contribution < 1.29 is 18.3 Å². The number of rotatable bonds is 4. The van der Waals surface area contributed by atoms with E-state index in [1.54, 1.807) is 6.07 Å². The maximum absolute atomic E-state index is 12.7. The van der Waals surface area contributed by atoms with Crippen molar-refractivity contribution in [3.63, 3.8) is 0 Å². The molecular weight excluding hydrogens is 316 g/mol. The van der Waals surface area contributed by atoms with Crippen LogP contribution in [-0.2, 0) is 10.0 Å². The van der Waals surface area contributed by atoms with Gasteiger partial charge in [0.05, 0.1) is 10.9 Å². The molecule has 7 heteroatoms. The fraction of sp³-hybridized carbons (Fsp3) is 0.562. The Morgan fingerprint density at radius 2 is 1.57 bits per heavy atom. The molecule has 2 heterocycles. The van der Waals surface area contributed by atoms with Gasteiger partial charge in [-0.3, -0.25) is 0 Å². The Morgan fingerprint density at radius 1 is 0.957 bits per heavy atom. The molecule has 2 fully saturated rings. The minimum Gasteiger partial charge on any atom is -0.545 e. The van der Waals surface area contributed by atoms with Crippen LogP contribution >= 0.6 is 0 Å². The number of anilines is 1. The maximum Gasteiger partial charge on any atom is 0.243 e. The van der Waals surface area contributed by atoms with Crippen LogP contribution in [-0.4, -0.2) is 44.9 Å². The average Bonchev–Trinajstić information content (AvgIpc) is 3.09. The SMILES string of the molecule is O=C([O-])c1cc(S(=O)(=O)N2CCCCC2)ccc1N1CCCC1. The summed E-state index contributed by atoms with van der Waals surface area (Å²) in [6, 6.07) is 4.38. The molecule has 0 unspecified atom stereocenters. The summed E-state index contributed by atoms with van der Waals surface area (Å²) in [6.07, 6.45) is 4.75. The third kappa shape index (κ3) is 3.21. The molecule has 1 aromatic carbocycles. The van der Waals surface area contributed by atoms with Gasteiger partial charge in [-0.1, -0.05) is 6.42 Å². The van der Waals surface area contributed by atoms with Gasteiger partial charge in [0.15, 0.2) is 0 Å². The van der Waals surface area contributed by atoms with Crippen LogP contribution in [0, 0.1) is 0 Å². The number of nitrogens with zero attached hydrogens (tertiary/aromatic N) is 2. The standard InChI is InChI=1S/C16H22N2O4S/c19-16(20)14-12-13(6-7-15(14)17-8-4-5-9-17)23(21,22)18-10-2-1-3-11-18/h6-7,12H,1-5,8-11H2,(H,19,20)/p-1. The van der Waals surface area contributed by atoms with Crippen LogP contribution in [0.25, 0.3) is 0 Å². The summed E-state index contributed by atoms with van der Waals surface area (Å²) in [5.41, 5.74) is 0.519. The fourth-order valence-electron chi connectivity index (χ4n) is 3.33. The van der Waals surface area contributed by atoms with Crippen LogP contribution in [0.4, 0.5) is 5.69 Å². The highest BCUT2D eigenvalue weighted by atomic mass is 32.2. The number of sulfonamides is 1. The Bertz CT molecular complexity index is 690. The lowest BCUT2D eigenvalue weighted by Crippen LogP contribution is -2.36. The summed E-state index contributed by atoms with van der Waals surface area (Å²) < 4.78 is 26.8. The first kappa shape index (κ1) is 16.3. The summed E-state index contributed by atoms with van der Waals surface area (Å²) in [7, 11) is -3.63. The lowest BCUT2D eigenvalue weighted by molar-refractivity contribution is -0.254. The molecule has 0 N–H and O–H groups in total. The molecule has 0 spiro atoms. The maximum atomic E-state index is 12.7. The molecule has 3 rings (SSSR count). The number of hydrogen-bond acceptors (Lipinski definition) is 5. The zero-order chi connectivity index (χ0) is 16.4. The normalized spacial score (nSPS) is 19.9. The fourth-order valence-corrected chi connectivity index (χ4v) is 4.87. The van der Waals surface area contributed by atoms with Crippen LogP contribution in [0.2, 0.25) is 0 Å². The molecular formula is C16H21N2O4S-. The lowest BCUT2D eigenvalue weighted by Gasteiger charge is -2.27. The van der Waals surface area contributed by atoms with E-state index in [2.05, 4.69) is 0 Å². The van der Waals surface area contributed by atoms with E-state index < -0.39 is 16.0 Å². The van der Waals surface area contributed by atoms with Gasteiger partial charge in [-0.25, -0.2) is 8.42 Å². The first-order valence-corrected chi connectivity index (χ1v) is 9.54. The van der Waals surface area contributed by atoms with Crippen LogP contribution in [0.3, 0.4) is 0 Å². The molecule has 0 aliphatic carbocycles. The highest BCUT2D eigenvalue weighted by Gasteiger charge is 2.27. The first-order valence-electron chi connectivity index (χ1n) is 8.10. The second-order valence-electron chi connectivity index (χ2n) is 6.13. The monoisotopic (exact) mass is 337 g/mol. The van der Waals surface area contributed by atoms with E-state index in [9.17, 15) is 18.3 Å². The van der Waals surface area contributed by atoms with Gasteiger partial charge in [-0.2, -0.15) is 4.31 Å². The largest absolute Gasteiger partial charge is 0.545 e. The zero-order valence-electron chi connectivity index (χ0n) is 13.0. The Kier molecular flexibility index (Phi) is 4.59. The van der Waals surface area contributed by atoms with Crippen molar-refractivity contribution >= 4 is 21.7 Å². The lowest BCUT2D eigenvalue weighted by atomic mass is 10.1. The van der Waals surface area contributed by atoms with Crippen molar-refractivity contribution in [1.29, 1.82) is 0 Å². The molecule has 23 heavy (non-hydrogen) atoms. The van der Waals surface area contributed by atoms with Gasteiger partial charge in [0, 0.05) is 37.4 Å². The number of benzene rings is 1. The molecule has 0 radical (unpaired) electrons. The van der Waals surface area contributed by atoms with Crippen molar-refractivity contribution in [2.45, 2.75) is 37.0 Å². The topological polar surface area (TPSA) is 80.7 Å². The molecule has 0 saturated carbocycles. The van der Waals surface area contributed by atoms with Gasteiger partial charge in [0.1, 0.15) is 0 Å². The molecule has 2 aliphatic rings.